The zero-order chi connectivity index (χ0) is 49.2. The Morgan fingerprint density at radius 1 is 0.507 bits per heavy atom. The van der Waals surface area contributed by atoms with Crippen LogP contribution in [0.25, 0.3) is 11.1 Å². The van der Waals surface area contributed by atoms with Crippen molar-refractivity contribution in [2.24, 2.45) is 0 Å². The van der Waals surface area contributed by atoms with Crippen molar-refractivity contribution < 1.29 is 124 Å². The highest BCUT2D eigenvalue weighted by atomic mass is 16.7. The molecular weight excluding hydrogens is 904 g/mol. The topological polar surface area (TPSA) is 435 Å². The minimum Gasteiger partial charge on any atom is -0.507 e. The third-order valence-electron chi connectivity index (χ3n) is 10.5. The summed E-state index contributed by atoms with van der Waals surface area (Å²) in [4.78, 5) is 69.2. The number of cyclic esters (lactones) is 1. The van der Waals surface area contributed by atoms with Crippen LogP contribution >= 0.6 is 0 Å². The normalized spacial score (nSPS) is 19.0. The highest BCUT2D eigenvalue weighted by molar-refractivity contribution is 6.08. The quantitative estimate of drug-likeness (QED) is 0.0503. The van der Waals surface area contributed by atoms with Gasteiger partial charge in [-0.15, -0.1) is 0 Å². The number of ether oxygens (including phenoxy) is 5. The number of fused-ring (bicyclic) bond motifs is 4. The van der Waals surface area contributed by atoms with Gasteiger partial charge in [0, 0.05) is 17.2 Å². The summed E-state index contributed by atoms with van der Waals surface area (Å²) in [5, 5.41) is 158. The molecule has 2 aliphatic heterocycles. The second-order valence-electron chi connectivity index (χ2n) is 14.7. The number of esters is 4. The molecule has 0 aromatic heterocycles. The maximum atomic E-state index is 14.5. The molecule has 0 bridgehead atoms. The van der Waals surface area contributed by atoms with Crippen LogP contribution in [-0.4, -0.2) is 137 Å². The van der Waals surface area contributed by atoms with Gasteiger partial charge in [-0.1, -0.05) is 0 Å². The number of rotatable bonds is 6. The molecule has 0 amide bonds. The first-order valence-electron chi connectivity index (χ1n) is 18.7. The Morgan fingerprint density at radius 3 is 1.40 bits per heavy atom. The minimum atomic E-state index is -2.56. The lowest BCUT2D eigenvalue weighted by Gasteiger charge is -2.45. The molecule has 25 nitrogen and oxygen atoms in total. The highest BCUT2D eigenvalue weighted by Crippen LogP contribution is 2.52. The molecule has 67 heavy (non-hydrogen) atoms. The van der Waals surface area contributed by atoms with Gasteiger partial charge in [-0.2, -0.15) is 0 Å². The lowest BCUT2D eigenvalue weighted by molar-refractivity contribution is -0.232. The smallest absolute Gasteiger partial charge is 0.343 e. The predicted octanol–water partition coefficient (Wildman–Crippen LogP) is 2.43. The molecule has 5 atom stereocenters. The lowest BCUT2D eigenvalue weighted by atomic mass is 9.88. The Balaban J connectivity index is 1.51. The number of carbonyl (C=O) groups excluding carboxylic acids is 5. The van der Waals surface area contributed by atoms with Crippen molar-refractivity contribution in [2.45, 2.75) is 37.4 Å². The molecule has 0 saturated carbocycles. The van der Waals surface area contributed by atoms with Crippen molar-refractivity contribution >= 4 is 29.7 Å². The van der Waals surface area contributed by atoms with Gasteiger partial charge in [-0.05, 0) is 43.3 Å². The molecule has 25 heteroatoms. The Kier molecular flexibility index (Phi) is 11.3. The van der Waals surface area contributed by atoms with Gasteiger partial charge in [-0.3, -0.25) is 4.79 Å². The molecule has 5 unspecified atom stereocenters. The molecule has 0 spiro atoms. The lowest BCUT2D eigenvalue weighted by Crippen LogP contribution is -2.59. The average Bonchev–Trinajstić information content (AvgIpc) is 3.26. The van der Waals surface area contributed by atoms with Crippen LogP contribution in [0.15, 0.2) is 42.5 Å². The van der Waals surface area contributed by atoms with Crippen LogP contribution < -0.4 is 0 Å². The Bertz CT molecular complexity index is 2930. The average molecular weight is 937 g/mol. The number of phenols is 15. The second-order valence-corrected chi connectivity index (χ2v) is 14.7. The molecule has 2 aliphatic rings. The molecule has 0 aliphatic carbocycles. The summed E-state index contributed by atoms with van der Waals surface area (Å²) in [6.07, 6.45) is -12.2. The fourth-order valence-electron chi connectivity index (χ4n) is 7.34. The Labute approximate surface area is 370 Å². The molecule has 1 fully saturated rings. The van der Waals surface area contributed by atoms with Crippen molar-refractivity contribution in [3.05, 3.63) is 75.8 Å². The van der Waals surface area contributed by atoms with Crippen LogP contribution in [0.2, 0.25) is 0 Å². The predicted molar refractivity (Wildman–Crippen MR) is 212 cm³/mol. The van der Waals surface area contributed by atoms with Crippen molar-refractivity contribution in [3.8, 4) is 97.4 Å². The molecular formula is C42H32O25. The molecule has 15 N–H and O–H groups in total. The van der Waals surface area contributed by atoms with Crippen molar-refractivity contribution in [3.63, 3.8) is 0 Å². The van der Waals surface area contributed by atoms with Gasteiger partial charge in [-0.25, -0.2) is 19.2 Å². The summed E-state index contributed by atoms with van der Waals surface area (Å²) >= 11 is 0. The van der Waals surface area contributed by atoms with Crippen molar-refractivity contribution in [2.75, 3.05) is 6.61 Å². The van der Waals surface area contributed by atoms with Crippen LogP contribution in [0.4, 0.5) is 0 Å². The molecule has 5 aromatic carbocycles. The fourth-order valence-corrected chi connectivity index (χ4v) is 7.34. The fraction of sp³-hybridized carbons (Fsp3) is 0.167. The van der Waals surface area contributed by atoms with E-state index in [1.165, 1.54) is 0 Å². The number of carbonyl (C=O) groups is 5. The first-order valence-corrected chi connectivity index (χ1v) is 18.7. The summed E-state index contributed by atoms with van der Waals surface area (Å²) in [6.45, 7) is -0.443. The number of phenolic OH excluding ortho intramolecular Hbond substituents is 15. The van der Waals surface area contributed by atoms with Crippen LogP contribution in [0, 0.1) is 0 Å². The van der Waals surface area contributed by atoms with Crippen LogP contribution in [-0.2, 0) is 23.7 Å². The number of Topliss-reactive ketones (excluding diaryl/α,β-unsaturated/α-hetero) is 1. The van der Waals surface area contributed by atoms with Gasteiger partial charge in [0.25, 0.3) is 0 Å². The minimum absolute atomic E-state index is 0.500. The van der Waals surface area contributed by atoms with E-state index in [1.807, 2.05) is 0 Å². The molecule has 1 saturated heterocycles. The number of hydrogen-bond donors (Lipinski definition) is 15. The highest BCUT2D eigenvalue weighted by Gasteiger charge is 2.55. The maximum Gasteiger partial charge on any atom is 0.343 e. The van der Waals surface area contributed by atoms with E-state index in [0.717, 1.165) is 6.92 Å². The van der Waals surface area contributed by atoms with Gasteiger partial charge in [0.1, 0.15) is 52.8 Å². The third kappa shape index (κ3) is 7.75. The zero-order valence-electron chi connectivity index (χ0n) is 33.4. The van der Waals surface area contributed by atoms with Crippen LogP contribution in [0.1, 0.15) is 70.4 Å². The Hall–Kier alpha value is -9.39. The largest absolute Gasteiger partial charge is 0.507 e. The summed E-state index contributed by atoms with van der Waals surface area (Å²) in [5.41, 5.74) is -7.51. The SMILES string of the molecule is CC(=O)c1c(O)cc(O)c(C2OC3COC(=O)c4c(cc(O)c(O)c4O)-c4cc(O)c(O)c(O)c4C(=O)OC3C(OC(=O)c3cc(O)c(O)c(O)c3)C2OC(=O)c2cc(O)c(O)c(O)c2)c1O. The molecule has 350 valence electrons. The van der Waals surface area contributed by atoms with Gasteiger partial charge in [0.05, 0.1) is 16.7 Å². The molecule has 2 heterocycles. The molecule has 0 radical (unpaired) electrons. The van der Waals surface area contributed by atoms with Gasteiger partial charge < -0.3 is 100 Å². The monoisotopic (exact) mass is 936 g/mol. The van der Waals surface area contributed by atoms with Gasteiger partial charge in [0.15, 0.2) is 81.6 Å². The van der Waals surface area contributed by atoms with Crippen LogP contribution in [0.5, 0.6) is 86.2 Å². The van der Waals surface area contributed by atoms with Gasteiger partial charge >= 0.3 is 23.9 Å². The van der Waals surface area contributed by atoms with E-state index >= 15 is 0 Å². The van der Waals surface area contributed by atoms with Crippen LogP contribution in [0.3, 0.4) is 0 Å². The van der Waals surface area contributed by atoms with E-state index in [1.54, 1.807) is 0 Å². The summed E-state index contributed by atoms with van der Waals surface area (Å²) < 4.78 is 28.6. The number of ketones is 1. The maximum absolute atomic E-state index is 14.5. The van der Waals surface area contributed by atoms with E-state index in [0.29, 0.717) is 42.5 Å². The van der Waals surface area contributed by atoms with Crippen molar-refractivity contribution in [1.82, 2.24) is 0 Å². The van der Waals surface area contributed by atoms with E-state index in [9.17, 15) is 101 Å². The number of aromatic hydroxyl groups is 15. The first kappa shape index (κ1) is 45.6. The first-order chi connectivity index (χ1) is 31.4. The number of hydrogen-bond acceptors (Lipinski definition) is 25. The van der Waals surface area contributed by atoms with E-state index in [-0.39, 0.29) is 0 Å². The van der Waals surface area contributed by atoms with E-state index in [2.05, 4.69) is 0 Å². The summed E-state index contributed by atoms with van der Waals surface area (Å²) in [5.74, 6) is -26.2. The van der Waals surface area contributed by atoms with E-state index < -0.39 is 198 Å². The molecule has 7 rings (SSSR count). The van der Waals surface area contributed by atoms with Gasteiger partial charge in [0.2, 0.25) is 11.5 Å². The Morgan fingerprint density at radius 2 is 0.940 bits per heavy atom. The summed E-state index contributed by atoms with van der Waals surface area (Å²) in [7, 11) is 0. The van der Waals surface area contributed by atoms with Crippen molar-refractivity contribution in [1.29, 1.82) is 0 Å². The second kappa shape index (κ2) is 16.6. The third-order valence-corrected chi connectivity index (χ3v) is 10.5. The molecule has 5 aromatic rings. The summed E-state index contributed by atoms with van der Waals surface area (Å²) in [6, 6.07) is 3.73. The standard InChI is InChI=1S/C42H32O25/c1-10(43)24-15(44)8-16(45)27(32(24)56)36-38(67-40(60)12-4-19(48)29(53)20(49)5-12)37(66-39(59)11-2-17(46)28(52)18(47)3-11)35-23(64-36)9-63-41(61)25-13(6-21(50)30(54)33(25)57)14-7-22(51)31(55)34(58)26(14)42(62)65-35/h2-8,23,35-38,44-58H,9H2,1H3. The van der Waals surface area contributed by atoms with E-state index in [4.69, 9.17) is 23.7 Å². The number of benzene rings is 5. The zero-order valence-corrected chi connectivity index (χ0v) is 33.4.